The summed E-state index contributed by atoms with van der Waals surface area (Å²) < 4.78 is 0. The van der Waals surface area contributed by atoms with Crippen LogP contribution >= 0.6 is 0 Å². The van der Waals surface area contributed by atoms with Gasteiger partial charge in [0.2, 0.25) is 11.8 Å². The van der Waals surface area contributed by atoms with Crippen molar-refractivity contribution in [3.8, 4) is 0 Å². The van der Waals surface area contributed by atoms with Gasteiger partial charge in [0, 0.05) is 19.9 Å². The lowest BCUT2D eigenvalue weighted by Gasteiger charge is -2.25. The smallest absolute Gasteiger partial charge is 0.370 e. The average Bonchev–Trinajstić information content (AvgIpc) is 2.09. The molecule has 5 N–H and O–H groups in total. The van der Waals surface area contributed by atoms with Crippen molar-refractivity contribution < 1.29 is 24.9 Å². The van der Waals surface area contributed by atoms with Gasteiger partial charge in [-0.15, -0.1) is 0 Å². The molecule has 0 saturated heterocycles. The van der Waals surface area contributed by atoms with Crippen LogP contribution in [0.5, 0.6) is 0 Å². The molecule has 0 radical (unpaired) electrons. The van der Waals surface area contributed by atoms with Crippen LogP contribution in [0.4, 0.5) is 0 Å². The van der Waals surface area contributed by atoms with Gasteiger partial charge in [-0.05, 0) is 12.8 Å². The van der Waals surface area contributed by atoms with Gasteiger partial charge in [-0.1, -0.05) is 0 Å². The minimum absolute atomic E-state index is 0.00715. The number of carbonyl (C=O) groups is 2. The molecular formula is C8H16N2O5. The average molecular weight is 220 g/mol. The number of nitrogens with zero attached hydrogens (tertiary/aromatic N) is 1. The molecule has 0 aliphatic heterocycles. The van der Waals surface area contributed by atoms with Crippen LogP contribution in [0.2, 0.25) is 0 Å². The summed E-state index contributed by atoms with van der Waals surface area (Å²) in [6.07, 6.45) is -2.11. The van der Waals surface area contributed by atoms with Crippen LogP contribution in [0.3, 0.4) is 0 Å². The second-order valence-electron chi connectivity index (χ2n) is 3.23. The Morgan fingerprint density at radius 2 is 1.67 bits per heavy atom. The largest absolute Gasteiger partial charge is 0.371 e. The third-order valence-corrected chi connectivity index (χ3v) is 1.89. The van der Waals surface area contributed by atoms with Crippen LogP contribution in [0.25, 0.3) is 0 Å². The fraction of sp³-hybridized carbons (Fsp3) is 0.750. The van der Waals surface area contributed by atoms with Crippen molar-refractivity contribution in [2.45, 2.75) is 31.8 Å². The van der Waals surface area contributed by atoms with Crippen molar-refractivity contribution in [3.63, 3.8) is 0 Å². The maximum atomic E-state index is 11.2. The molecule has 0 fully saturated rings. The van der Waals surface area contributed by atoms with Crippen molar-refractivity contribution in [1.29, 1.82) is 0 Å². The highest BCUT2D eigenvalue weighted by Gasteiger charge is 2.29. The molecule has 0 bridgehead atoms. The quantitative estimate of drug-likeness (QED) is 0.307. The van der Waals surface area contributed by atoms with Crippen molar-refractivity contribution in [3.05, 3.63) is 0 Å². The zero-order valence-corrected chi connectivity index (χ0v) is 8.51. The molecule has 0 rings (SSSR count). The number of aliphatic hydroxyl groups is 3. The molecule has 0 aromatic heterocycles. The van der Waals surface area contributed by atoms with Crippen LogP contribution < -0.4 is 5.73 Å². The third kappa shape index (κ3) is 6.00. The zero-order chi connectivity index (χ0) is 12.1. The van der Waals surface area contributed by atoms with Gasteiger partial charge in [0.15, 0.2) is 0 Å². The Morgan fingerprint density at radius 1 is 1.20 bits per heavy atom. The number of unbranched alkanes of at least 4 members (excludes halogenated alkanes) is 1. The molecule has 0 aliphatic carbocycles. The summed E-state index contributed by atoms with van der Waals surface area (Å²) in [5.74, 6) is -1.08. The number of carbonyl (C=O) groups excluding carboxylic acids is 2. The van der Waals surface area contributed by atoms with Crippen molar-refractivity contribution in [1.82, 2.24) is 4.90 Å². The normalized spacial score (nSPS) is 11.2. The molecule has 88 valence electrons. The van der Waals surface area contributed by atoms with Crippen molar-refractivity contribution >= 4 is 11.8 Å². The van der Waals surface area contributed by atoms with E-state index in [-0.39, 0.29) is 12.8 Å². The fourth-order valence-corrected chi connectivity index (χ4v) is 0.910. The first-order chi connectivity index (χ1) is 6.75. The lowest BCUT2D eigenvalue weighted by Crippen LogP contribution is -2.49. The van der Waals surface area contributed by atoms with E-state index in [4.69, 9.17) is 21.1 Å². The molecule has 0 heterocycles. The molecule has 0 aliphatic rings. The van der Waals surface area contributed by atoms with Gasteiger partial charge >= 0.3 is 6.10 Å². The van der Waals surface area contributed by atoms with E-state index in [1.165, 1.54) is 0 Å². The number of primary amides is 1. The first-order valence-electron chi connectivity index (χ1n) is 4.47. The predicted molar refractivity (Wildman–Crippen MR) is 49.8 cm³/mol. The maximum absolute atomic E-state index is 11.2. The van der Waals surface area contributed by atoms with Crippen molar-refractivity contribution in [2.75, 3.05) is 7.05 Å². The summed E-state index contributed by atoms with van der Waals surface area (Å²) in [6, 6.07) is 0. The second-order valence-corrected chi connectivity index (χ2v) is 3.23. The van der Waals surface area contributed by atoms with Gasteiger partial charge in [-0.2, -0.15) is 0 Å². The van der Waals surface area contributed by atoms with Gasteiger partial charge in [0.1, 0.15) is 0 Å². The minimum atomic E-state index is -3.14. The van der Waals surface area contributed by atoms with Gasteiger partial charge in [-0.25, -0.2) is 0 Å². The molecule has 7 nitrogen and oxygen atoms in total. The highest BCUT2D eigenvalue weighted by atomic mass is 16.7. The van der Waals surface area contributed by atoms with E-state index in [1.54, 1.807) is 0 Å². The Morgan fingerprint density at radius 3 is 2.07 bits per heavy atom. The Kier molecular flexibility index (Phi) is 5.20. The number of hydrogen-bond acceptors (Lipinski definition) is 5. The fourth-order valence-electron chi connectivity index (χ4n) is 0.910. The molecule has 0 saturated carbocycles. The maximum Gasteiger partial charge on any atom is 0.371 e. The van der Waals surface area contributed by atoms with Gasteiger partial charge < -0.3 is 21.1 Å². The Labute approximate surface area is 87.1 Å². The summed E-state index contributed by atoms with van der Waals surface area (Å²) in [4.78, 5) is 21.9. The van der Waals surface area contributed by atoms with Crippen LogP contribution in [0, 0.1) is 0 Å². The molecule has 0 atom stereocenters. The van der Waals surface area contributed by atoms with Gasteiger partial charge in [0.25, 0.3) is 0 Å². The number of rotatable bonds is 6. The molecule has 7 heteroatoms. The minimum Gasteiger partial charge on any atom is -0.370 e. The molecule has 0 aromatic rings. The first-order valence-corrected chi connectivity index (χ1v) is 4.47. The van der Waals surface area contributed by atoms with Crippen LogP contribution in [-0.4, -0.2) is 45.2 Å². The third-order valence-electron chi connectivity index (χ3n) is 1.89. The molecule has 15 heavy (non-hydrogen) atoms. The molecule has 0 aromatic carbocycles. The van der Waals surface area contributed by atoms with Crippen LogP contribution in [-0.2, 0) is 9.59 Å². The highest BCUT2D eigenvalue weighted by molar-refractivity contribution is 5.76. The molecule has 2 amide bonds. The van der Waals surface area contributed by atoms with Gasteiger partial charge in [-0.3, -0.25) is 14.5 Å². The second kappa shape index (κ2) is 5.64. The number of nitrogens with two attached hydrogens (primary N) is 1. The van der Waals surface area contributed by atoms with E-state index in [2.05, 4.69) is 0 Å². The number of hydrogen-bond donors (Lipinski definition) is 4. The molecule has 0 spiro atoms. The summed E-state index contributed by atoms with van der Waals surface area (Å²) in [7, 11) is 1.05. The summed E-state index contributed by atoms with van der Waals surface area (Å²) in [6.45, 7) is 0. The Balaban J connectivity index is 3.80. The highest BCUT2D eigenvalue weighted by Crippen LogP contribution is 2.07. The van der Waals surface area contributed by atoms with E-state index < -0.39 is 17.9 Å². The first kappa shape index (κ1) is 13.8. The summed E-state index contributed by atoms with van der Waals surface area (Å²) >= 11 is 0. The standard InChI is InChI=1S/C8H16N2O5/c1-10(8(13,14)15)7(12)5-3-2-4-6(9)11/h13-15H,2-5H2,1H3,(H2,9,11). The van der Waals surface area contributed by atoms with E-state index >= 15 is 0 Å². The predicted octanol–water partition coefficient (Wildman–Crippen LogP) is -1.92. The van der Waals surface area contributed by atoms with E-state index in [1.807, 2.05) is 0 Å². The van der Waals surface area contributed by atoms with Gasteiger partial charge in [0.05, 0.1) is 0 Å². The lowest BCUT2D eigenvalue weighted by molar-refractivity contribution is -0.377. The Hall–Kier alpha value is -1.18. The summed E-state index contributed by atoms with van der Waals surface area (Å²) in [5.41, 5.74) is 4.88. The summed E-state index contributed by atoms with van der Waals surface area (Å²) in [5, 5.41) is 25.9. The molecule has 0 unspecified atom stereocenters. The van der Waals surface area contributed by atoms with Crippen LogP contribution in [0.15, 0.2) is 0 Å². The monoisotopic (exact) mass is 220 g/mol. The zero-order valence-electron chi connectivity index (χ0n) is 8.51. The van der Waals surface area contributed by atoms with E-state index in [0.29, 0.717) is 17.7 Å². The lowest BCUT2D eigenvalue weighted by atomic mass is 10.2. The topological polar surface area (TPSA) is 124 Å². The SMILES string of the molecule is CN(C(=O)CCCCC(N)=O)C(O)(O)O. The van der Waals surface area contributed by atoms with Crippen LogP contribution in [0.1, 0.15) is 25.7 Å². The van der Waals surface area contributed by atoms with Crippen molar-refractivity contribution in [2.24, 2.45) is 5.73 Å². The Bertz CT molecular complexity index is 236. The molecular weight excluding hydrogens is 204 g/mol. The number of amides is 2. The van der Waals surface area contributed by atoms with E-state index in [0.717, 1.165) is 7.05 Å². The van der Waals surface area contributed by atoms with E-state index in [9.17, 15) is 9.59 Å².